The van der Waals surface area contributed by atoms with Gasteiger partial charge in [-0.3, -0.25) is 0 Å². The van der Waals surface area contributed by atoms with E-state index in [0.29, 0.717) is 39.2 Å². The van der Waals surface area contributed by atoms with Gasteiger partial charge in [0.2, 0.25) is 5.82 Å². The average Bonchev–Trinajstić information content (AvgIpc) is 3.28. The summed E-state index contributed by atoms with van der Waals surface area (Å²) in [4.78, 5) is 4.38. The van der Waals surface area contributed by atoms with Crippen molar-refractivity contribution >= 4 is 0 Å². The van der Waals surface area contributed by atoms with Crippen LogP contribution in [0, 0.1) is 6.92 Å². The number of aryl methyl sites for hydroxylation is 1. The Balaban J connectivity index is 1.68. The van der Waals surface area contributed by atoms with Gasteiger partial charge in [0.05, 0.1) is 18.8 Å². The molecule has 3 aromatic carbocycles. The Bertz CT molecular complexity index is 1270. The minimum absolute atomic E-state index is 0.107. The highest BCUT2D eigenvalue weighted by Gasteiger charge is 2.33. The van der Waals surface area contributed by atoms with Gasteiger partial charge in [-0.05, 0) is 59.0 Å². The lowest BCUT2D eigenvalue weighted by Gasteiger charge is -2.14. The molecule has 0 atom stereocenters. The Morgan fingerprint density at radius 2 is 1.56 bits per heavy atom. The number of alkyl halides is 3. The molecule has 0 saturated carbocycles. The van der Waals surface area contributed by atoms with Gasteiger partial charge in [0.25, 0.3) is 5.89 Å². The van der Waals surface area contributed by atoms with Crippen molar-refractivity contribution in [3.05, 3.63) is 82.9 Å². The van der Waals surface area contributed by atoms with Crippen LogP contribution in [0.3, 0.4) is 0 Å². The third-order valence-electron chi connectivity index (χ3n) is 5.23. The fraction of sp³-hybridized carbons (Fsp3) is 0.167. The van der Waals surface area contributed by atoms with Gasteiger partial charge in [-0.25, -0.2) is 0 Å². The molecular formula is C24H19F3N2O3. The van der Waals surface area contributed by atoms with E-state index in [9.17, 15) is 23.4 Å². The number of nitrogens with zero attached hydrogens (tertiary/aromatic N) is 2. The topological polar surface area (TPSA) is 79.4 Å². The van der Waals surface area contributed by atoms with Gasteiger partial charge in [0, 0.05) is 11.1 Å². The van der Waals surface area contributed by atoms with Gasteiger partial charge in [0.1, 0.15) is 0 Å². The van der Waals surface area contributed by atoms with Crippen LogP contribution in [-0.4, -0.2) is 20.4 Å². The van der Waals surface area contributed by atoms with Crippen molar-refractivity contribution in [2.24, 2.45) is 0 Å². The van der Waals surface area contributed by atoms with Gasteiger partial charge < -0.3 is 14.7 Å². The average molecular weight is 440 g/mol. The first-order chi connectivity index (χ1) is 15.3. The molecule has 4 aromatic rings. The molecule has 0 aliphatic rings. The number of aliphatic hydroxyl groups excluding tert-OH is 2. The lowest BCUT2D eigenvalue weighted by Crippen LogP contribution is -2.07. The number of aromatic nitrogens is 2. The number of hydrogen-bond donors (Lipinski definition) is 2. The van der Waals surface area contributed by atoms with E-state index in [2.05, 4.69) is 10.1 Å². The molecule has 0 fully saturated rings. The lowest BCUT2D eigenvalue weighted by atomic mass is 9.94. The number of hydrogen-bond acceptors (Lipinski definition) is 5. The van der Waals surface area contributed by atoms with Crippen LogP contribution in [0.15, 0.2) is 65.2 Å². The molecular weight excluding hydrogens is 421 g/mol. The number of aliphatic hydroxyl groups is 2. The third kappa shape index (κ3) is 4.15. The van der Waals surface area contributed by atoms with Crippen molar-refractivity contribution in [2.75, 3.05) is 0 Å². The van der Waals surface area contributed by atoms with Crippen molar-refractivity contribution in [2.45, 2.75) is 26.3 Å². The van der Waals surface area contributed by atoms with Crippen molar-refractivity contribution in [1.29, 1.82) is 0 Å². The van der Waals surface area contributed by atoms with Crippen molar-refractivity contribution in [1.82, 2.24) is 10.1 Å². The van der Waals surface area contributed by atoms with E-state index in [1.807, 2.05) is 0 Å². The van der Waals surface area contributed by atoms with Crippen LogP contribution in [0.4, 0.5) is 13.2 Å². The highest BCUT2D eigenvalue weighted by atomic mass is 19.4. The van der Waals surface area contributed by atoms with Crippen LogP contribution in [0.5, 0.6) is 0 Å². The monoisotopic (exact) mass is 440 g/mol. The third-order valence-corrected chi connectivity index (χ3v) is 5.23. The molecule has 0 aliphatic heterocycles. The standard InChI is InChI=1S/C24H19F3N2O3/c1-14-10-16(8-9-19(14)20-4-2-3-5-21(20)24(25,26)27)23-28-22(29-32-23)15-6-7-17(12-30)18(11-15)13-31/h2-11,30-31H,12-13H2,1H3. The molecule has 0 bridgehead atoms. The van der Waals surface area contributed by atoms with E-state index in [1.54, 1.807) is 49.4 Å². The Hall–Kier alpha value is -3.49. The van der Waals surface area contributed by atoms with Crippen molar-refractivity contribution in [3.63, 3.8) is 0 Å². The molecule has 164 valence electrons. The van der Waals surface area contributed by atoms with Gasteiger partial charge in [0.15, 0.2) is 0 Å². The zero-order valence-corrected chi connectivity index (χ0v) is 17.0. The van der Waals surface area contributed by atoms with Crippen molar-refractivity contribution in [3.8, 4) is 34.0 Å². The second-order valence-electron chi connectivity index (χ2n) is 7.30. The maximum absolute atomic E-state index is 13.4. The Morgan fingerprint density at radius 3 is 2.25 bits per heavy atom. The first-order valence-electron chi connectivity index (χ1n) is 9.77. The van der Waals surface area contributed by atoms with Crippen LogP contribution >= 0.6 is 0 Å². The van der Waals surface area contributed by atoms with Gasteiger partial charge in [-0.15, -0.1) is 0 Å². The molecule has 0 amide bonds. The molecule has 0 aliphatic carbocycles. The minimum atomic E-state index is -4.46. The first-order valence-corrected chi connectivity index (χ1v) is 9.77. The molecule has 5 nitrogen and oxygen atoms in total. The molecule has 4 rings (SSSR count). The predicted molar refractivity (Wildman–Crippen MR) is 112 cm³/mol. The zero-order valence-electron chi connectivity index (χ0n) is 17.0. The second kappa shape index (κ2) is 8.57. The Labute approximate surface area is 181 Å². The summed E-state index contributed by atoms with van der Waals surface area (Å²) in [6, 6.07) is 15.5. The van der Waals surface area contributed by atoms with E-state index in [-0.39, 0.29) is 24.7 Å². The normalized spacial score (nSPS) is 11.7. The van der Waals surface area contributed by atoms with Gasteiger partial charge in [-0.2, -0.15) is 18.2 Å². The molecule has 8 heteroatoms. The molecule has 0 spiro atoms. The molecule has 2 N–H and O–H groups in total. The summed E-state index contributed by atoms with van der Waals surface area (Å²) in [6.45, 7) is 1.29. The number of benzene rings is 3. The van der Waals surface area contributed by atoms with E-state index in [1.165, 1.54) is 12.1 Å². The molecule has 1 heterocycles. The predicted octanol–water partition coefficient (Wildman–Crippen LogP) is 5.38. The van der Waals surface area contributed by atoms with E-state index in [4.69, 9.17) is 4.52 Å². The number of halogens is 3. The molecule has 0 unspecified atom stereocenters. The highest BCUT2D eigenvalue weighted by molar-refractivity contribution is 5.74. The van der Waals surface area contributed by atoms with Crippen LogP contribution in [0.1, 0.15) is 22.3 Å². The van der Waals surface area contributed by atoms with Crippen LogP contribution in [-0.2, 0) is 19.4 Å². The summed E-state index contributed by atoms with van der Waals surface area (Å²) in [6.07, 6.45) is -4.46. The van der Waals surface area contributed by atoms with Crippen LogP contribution in [0.2, 0.25) is 0 Å². The maximum atomic E-state index is 13.4. The molecule has 0 saturated heterocycles. The second-order valence-corrected chi connectivity index (χ2v) is 7.30. The number of rotatable bonds is 5. The SMILES string of the molecule is Cc1cc(-c2nc(-c3ccc(CO)c(CO)c3)no2)ccc1-c1ccccc1C(F)(F)F. The van der Waals surface area contributed by atoms with E-state index >= 15 is 0 Å². The molecule has 0 radical (unpaired) electrons. The van der Waals surface area contributed by atoms with Crippen LogP contribution in [0.25, 0.3) is 34.0 Å². The fourth-order valence-corrected chi connectivity index (χ4v) is 3.59. The summed E-state index contributed by atoms with van der Waals surface area (Å²) in [5.41, 5.74) is 2.85. The highest BCUT2D eigenvalue weighted by Crippen LogP contribution is 2.38. The zero-order chi connectivity index (χ0) is 22.9. The Kier molecular flexibility index (Phi) is 5.82. The van der Waals surface area contributed by atoms with Gasteiger partial charge >= 0.3 is 6.18 Å². The quantitative estimate of drug-likeness (QED) is 0.436. The Morgan fingerprint density at radius 1 is 0.844 bits per heavy atom. The lowest BCUT2D eigenvalue weighted by molar-refractivity contribution is -0.137. The van der Waals surface area contributed by atoms with E-state index < -0.39 is 11.7 Å². The summed E-state index contributed by atoms with van der Waals surface area (Å²) in [5.74, 6) is 0.513. The fourth-order valence-electron chi connectivity index (χ4n) is 3.59. The summed E-state index contributed by atoms with van der Waals surface area (Å²) in [5, 5.41) is 22.8. The summed E-state index contributed by atoms with van der Waals surface area (Å²) < 4.78 is 45.6. The first kappa shape index (κ1) is 21.7. The minimum Gasteiger partial charge on any atom is -0.392 e. The summed E-state index contributed by atoms with van der Waals surface area (Å²) in [7, 11) is 0. The maximum Gasteiger partial charge on any atom is 0.417 e. The van der Waals surface area contributed by atoms with Crippen molar-refractivity contribution < 1.29 is 27.9 Å². The summed E-state index contributed by atoms with van der Waals surface area (Å²) >= 11 is 0. The van der Waals surface area contributed by atoms with Gasteiger partial charge in [-0.1, -0.05) is 41.6 Å². The largest absolute Gasteiger partial charge is 0.417 e. The van der Waals surface area contributed by atoms with Crippen LogP contribution < -0.4 is 0 Å². The molecule has 32 heavy (non-hydrogen) atoms. The van der Waals surface area contributed by atoms with E-state index in [0.717, 1.165) is 6.07 Å². The smallest absolute Gasteiger partial charge is 0.392 e. The molecule has 1 aromatic heterocycles.